The molecule has 0 aliphatic rings. The van der Waals surface area contributed by atoms with E-state index in [2.05, 4.69) is 79.7 Å². The van der Waals surface area contributed by atoms with Crippen LogP contribution in [0.3, 0.4) is 0 Å². The fourth-order valence-electron chi connectivity index (χ4n) is 2.53. The molecule has 0 radical (unpaired) electrons. The van der Waals surface area contributed by atoms with Crippen LogP contribution in [0.1, 0.15) is 93.9 Å². The molecule has 0 fully saturated rings. The van der Waals surface area contributed by atoms with Crippen molar-refractivity contribution in [1.82, 2.24) is 10.2 Å². The van der Waals surface area contributed by atoms with Crippen LogP contribution >= 0.6 is 0 Å². The molecule has 0 rings (SSSR count). The second-order valence-electron chi connectivity index (χ2n) is 8.28. The van der Waals surface area contributed by atoms with E-state index in [0.29, 0.717) is 0 Å². The zero-order chi connectivity index (χ0) is 17.8. The molecule has 2 nitrogen and oxygen atoms in total. The lowest BCUT2D eigenvalue weighted by molar-refractivity contribution is 0.252. The second-order valence-corrected chi connectivity index (χ2v) is 8.28. The zero-order valence-electron chi connectivity index (χ0n) is 17.5. The Kier molecular flexibility index (Phi) is 13.6. The van der Waals surface area contributed by atoms with Crippen molar-refractivity contribution in [2.45, 2.75) is 105 Å². The van der Waals surface area contributed by atoms with Crippen molar-refractivity contribution in [2.75, 3.05) is 20.6 Å². The van der Waals surface area contributed by atoms with Crippen LogP contribution in [-0.4, -0.2) is 36.6 Å². The standard InChI is InChI=1S/2C10H23N/c1-7-9(3,4)11-10(5,6)8-2;1-5-7-8-10(6-2)9-11(3)4/h11H,7-8H2,1-6H3;10H,5-9H2,1-4H3. The van der Waals surface area contributed by atoms with E-state index in [1.807, 2.05) is 0 Å². The maximum absolute atomic E-state index is 3.63. The van der Waals surface area contributed by atoms with Crippen LogP contribution in [-0.2, 0) is 0 Å². The van der Waals surface area contributed by atoms with Crippen LogP contribution in [0.15, 0.2) is 0 Å². The minimum atomic E-state index is 0.277. The Morgan fingerprint density at radius 3 is 1.59 bits per heavy atom. The Morgan fingerprint density at radius 1 is 0.864 bits per heavy atom. The Balaban J connectivity index is 0. The monoisotopic (exact) mass is 314 g/mol. The second kappa shape index (κ2) is 12.4. The van der Waals surface area contributed by atoms with Crippen molar-refractivity contribution in [1.29, 1.82) is 0 Å². The molecule has 0 aromatic heterocycles. The van der Waals surface area contributed by atoms with Gasteiger partial charge in [0, 0.05) is 17.6 Å². The first-order valence-corrected chi connectivity index (χ1v) is 9.47. The number of unbranched alkanes of at least 4 members (excludes halogenated alkanes) is 1. The molecule has 0 amide bonds. The average molecular weight is 315 g/mol. The van der Waals surface area contributed by atoms with Crippen LogP contribution in [0.5, 0.6) is 0 Å². The van der Waals surface area contributed by atoms with E-state index >= 15 is 0 Å². The number of hydrogen-bond acceptors (Lipinski definition) is 2. The molecular formula is C20H46N2. The smallest absolute Gasteiger partial charge is 0.0127 e. The third-order valence-electron chi connectivity index (χ3n) is 4.61. The highest BCUT2D eigenvalue weighted by Crippen LogP contribution is 2.16. The van der Waals surface area contributed by atoms with Crippen molar-refractivity contribution in [3.05, 3.63) is 0 Å². The molecule has 1 unspecified atom stereocenters. The summed E-state index contributed by atoms with van der Waals surface area (Å²) in [4.78, 5) is 2.30. The van der Waals surface area contributed by atoms with Gasteiger partial charge in [-0.05, 0) is 67.0 Å². The summed E-state index contributed by atoms with van der Waals surface area (Å²) in [5, 5.41) is 3.63. The SMILES string of the molecule is CCC(C)(C)NC(C)(C)CC.CCCCC(CC)CN(C)C. The van der Waals surface area contributed by atoms with E-state index in [1.165, 1.54) is 45.1 Å². The van der Waals surface area contributed by atoms with Gasteiger partial charge in [-0.2, -0.15) is 0 Å². The van der Waals surface area contributed by atoms with Crippen molar-refractivity contribution >= 4 is 0 Å². The molecule has 2 heteroatoms. The van der Waals surface area contributed by atoms with Crippen LogP contribution in [0.25, 0.3) is 0 Å². The van der Waals surface area contributed by atoms with Crippen molar-refractivity contribution in [3.8, 4) is 0 Å². The van der Waals surface area contributed by atoms with E-state index in [1.54, 1.807) is 0 Å². The van der Waals surface area contributed by atoms with Gasteiger partial charge in [0.1, 0.15) is 0 Å². The Morgan fingerprint density at radius 2 is 1.32 bits per heavy atom. The first kappa shape index (κ1) is 24.2. The van der Waals surface area contributed by atoms with E-state index in [0.717, 1.165) is 5.92 Å². The quantitative estimate of drug-likeness (QED) is 0.555. The molecule has 1 atom stereocenters. The fourth-order valence-corrected chi connectivity index (χ4v) is 2.53. The van der Waals surface area contributed by atoms with E-state index in [-0.39, 0.29) is 11.1 Å². The minimum absolute atomic E-state index is 0.277. The molecule has 0 heterocycles. The van der Waals surface area contributed by atoms with Gasteiger partial charge in [-0.15, -0.1) is 0 Å². The highest BCUT2D eigenvalue weighted by Gasteiger charge is 2.23. The lowest BCUT2D eigenvalue weighted by Gasteiger charge is -2.36. The predicted molar refractivity (Wildman–Crippen MR) is 104 cm³/mol. The molecule has 0 spiro atoms. The summed E-state index contributed by atoms with van der Waals surface area (Å²) in [5.41, 5.74) is 0.555. The van der Waals surface area contributed by atoms with E-state index in [4.69, 9.17) is 0 Å². The zero-order valence-corrected chi connectivity index (χ0v) is 17.5. The lowest BCUT2D eigenvalue weighted by Crippen LogP contribution is -2.51. The molecule has 0 saturated carbocycles. The lowest BCUT2D eigenvalue weighted by atomic mass is 9.93. The Bertz CT molecular complexity index is 230. The number of hydrogen-bond donors (Lipinski definition) is 1. The molecule has 136 valence electrons. The maximum Gasteiger partial charge on any atom is 0.0127 e. The fraction of sp³-hybridized carbons (Fsp3) is 1.00. The van der Waals surface area contributed by atoms with Gasteiger partial charge in [0.2, 0.25) is 0 Å². The first-order chi connectivity index (χ1) is 10.0. The van der Waals surface area contributed by atoms with Crippen LogP contribution in [0, 0.1) is 5.92 Å². The average Bonchev–Trinajstić information content (AvgIpc) is 2.42. The molecule has 0 aliphatic carbocycles. The molecule has 0 aromatic carbocycles. The number of rotatable bonds is 10. The van der Waals surface area contributed by atoms with Crippen molar-refractivity contribution < 1.29 is 0 Å². The van der Waals surface area contributed by atoms with E-state index in [9.17, 15) is 0 Å². The van der Waals surface area contributed by atoms with Crippen LogP contribution in [0.4, 0.5) is 0 Å². The number of nitrogens with one attached hydrogen (secondary N) is 1. The minimum Gasteiger partial charge on any atom is -0.309 e. The maximum atomic E-state index is 3.63. The van der Waals surface area contributed by atoms with Gasteiger partial charge in [-0.3, -0.25) is 0 Å². The van der Waals surface area contributed by atoms with Gasteiger partial charge < -0.3 is 10.2 Å². The highest BCUT2D eigenvalue weighted by atomic mass is 15.1. The molecule has 0 aromatic rings. The third kappa shape index (κ3) is 14.8. The molecule has 1 N–H and O–H groups in total. The predicted octanol–water partition coefficient (Wildman–Crippen LogP) is 5.72. The largest absolute Gasteiger partial charge is 0.309 e. The van der Waals surface area contributed by atoms with Crippen LogP contribution < -0.4 is 5.32 Å². The Hall–Kier alpha value is -0.0800. The first-order valence-electron chi connectivity index (χ1n) is 9.47. The van der Waals surface area contributed by atoms with Gasteiger partial charge in [0.25, 0.3) is 0 Å². The summed E-state index contributed by atoms with van der Waals surface area (Å²) in [6.45, 7) is 19.3. The van der Waals surface area contributed by atoms with Gasteiger partial charge in [-0.25, -0.2) is 0 Å². The van der Waals surface area contributed by atoms with E-state index < -0.39 is 0 Å². The highest BCUT2D eigenvalue weighted by molar-refractivity contribution is 4.86. The summed E-state index contributed by atoms with van der Waals surface area (Å²) in [6.07, 6.45) is 7.83. The molecule has 0 aliphatic heterocycles. The summed E-state index contributed by atoms with van der Waals surface area (Å²) in [7, 11) is 4.32. The normalized spacial score (nSPS) is 13.8. The van der Waals surface area contributed by atoms with Crippen molar-refractivity contribution in [3.63, 3.8) is 0 Å². The molecule has 0 bridgehead atoms. The topological polar surface area (TPSA) is 15.3 Å². The van der Waals surface area contributed by atoms with Crippen LogP contribution in [0.2, 0.25) is 0 Å². The van der Waals surface area contributed by atoms with Gasteiger partial charge >= 0.3 is 0 Å². The number of nitrogens with zero attached hydrogens (tertiary/aromatic N) is 1. The van der Waals surface area contributed by atoms with Gasteiger partial charge in [0.05, 0.1) is 0 Å². The summed E-state index contributed by atoms with van der Waals surface area (Å²) in [5.74, 6) is 0.921. The van der Waals surface area contributed by atoms with Gasteiger partial charge in [-0.1, -0.05) is 47.0 Å². The van der Waals surface area contributed by atoms with Crippen molar-refractivity contribution in [2.24, 2.45) is 5.92 Å². The third-order valence-corrected chi connectivity index (χ3v) is 4.61. The molecule has 0 saturated heterocycles. The molecule has 22 heavy (non-hydrogen) atoms. The summed E-state index contributed by atoms with van der Waals surface area (Å²) < 4.78 is 0. The Labute approximate surface area is 142 Å². The summed E-state index contributed by atoms with van der Waals surface area (Å²) >= 11 is 0. The molecular weight excluding hydrogens is 268 g/mol. The van der Waals surface area contributed by atoms with Gasteiger partial charge in [0.15, 0.2) is 0 Å². The summed E-state index contributed by atoms with van der Waals surface area (Å²) in [6, 6.07) is 0.